The first-order chi connectivity index (χ1) is 22.8. The molecule has 1 fully saturated rings. The van der Waals surface area contributed by atoms with Crippen molar-refractivity contribution in [1.82, 2.24) is 4.90 Å². The molecule has 0 bridgehead atoms. The number of benzene rings is 3. The van der Waals surface area contributed by atoms with Crippen molar-refractivity contribution >= 4 is 17.6 Å². The number of rotatable bonds is 7. The number of carbonyl (C=O) groups is 2. The fourth-order valence-electron chi connectivity index (χ4n) is 6.48. The van der Waals surface area contributed by atoms with Crippen LogP contribution in [0.2, 0.25) is 0 Å². The van der Waals surface area contributed by atoms with Crippen LogP contribution in [0.1, 0.15) is 78.7 Å². The minimum atomic E-state index is -5.06. The largest absolute Gasteiger partial charge is 0.496 e. The van der Waals surface area contributed by atoms with E-state index < -0.39 is 59.1 Å². The minimum absolute atomic E-state index is 0.0295. The molecule has 5 rings (SSSR count). The Morgan fingerprint density at radius 3 is 2.10 bits per heavy atom. The molecule has 13 heteroatoms. The number of esters is 1. The zero-order chi connectivity index (χ0) is 36.1. The molecular weight excluding hydrogens is 659 g/mol. The van der Waals surface area contributed by atoms with Gasteiger partial charge in [0.15, 0.2) is 0 Å². The van der Waals surface area contributed by atoms with Gasteiger partial charge in [-0.3, -0.25) is 4.90 Å². The van der Waals surface area contributed by atoms with Gasteiger partial charge in [0.05, 0.1) is 37.0 Å². The molecule has 1 heterocycles. The summed E-state index contributed by atoms with van der Waals surface area (Å²) in [6.45, 7) is 5.54. The normalized spacial score (nSPS) is 19.6. The maximum absolute atomic E-state index is 15.5. The number of methoxy groups -OCH3 is 2. The Balaban J connectivity index is 1.55. The van der Waals surface area contributed by atoms with E-state index in [1.165, 1.54) is 44.2 Å². The summed E-state index contributed by atoms with van der Waals surface area (Å²) in [6, 6.07) is 9.31. The molecule has 0 saturated carbocycles. The van der Waals surface area contributed by atoms with Crippen molar-refractivity contribution in [3.8, 4) is 16.9 Å². The van der Waals surface area contributed by atoms with Gasteiger partial charge in [-0.15, -0.1) is 0 Å². The smallest absolute Gasteiger partial charge is 0.416 e. The van der Waals surface area contributed by atoms with Gasteiger partial charge in [-0.05, 0) is 90.3 Å². The Morgan fingerprint density at radius 2 is 1.55 bits per heavy atom. The number of cyclic esters (lactones) is 1. The lowest BCUT2D eigenvalue weighted by molar-refractivity contribution is -0.143. The average Bonchev–Trinajstić information content (AvgIpc) is 3.31. The lowest BCUT2D eigenvalue weighted by Gasteiger charge is -2.36. The number of alkyl halides is 6. The van der Waals surface area contributed by atoms with Gasteiger partial charge in [0, 0.05) is 23.7 Å². The van der Waals surface area contributed by atoms with Gasteiger partial charge in [0.1, 0.15) is 17.7 Å². The Labute approximate surface area is 278 Å². The third-order valence-corrected chi connectivity index (χ3v) is 9.09. The van der Waals surface area contributed by atoms with Crippen LogP contribution in [0.5, 0.6) is 5.75 Å². The Hall–Kier alpha value is -4.55. The molecule has 262 valence electrons. The molecule has 0 aromatic heterocycles. The molecule has 1 aliphatic heterocycles. The summed E-state index contributed by atoms with van der Waals surface area (Å²) in [4.78, 5) is 26.4. The highest BCUT2D eigenvalue weighted by molar-refractivity contribution is 5.90. The summed E-state index contributed by atoms with van der Waals surface area (Å²) >= 11 is 0. The van der Waals surface area contributed by atoms with Crippen molar-refractivity contribution in [1.29, 1.82) is 0 Å². The second-order valence-electron chi connectivity index (χ2n) is 13.0. The van der Waals surface area contributed by atoms with Crippen LogP contribution in [0.4, 0.5) is 35.5 Å². The maximum atomic E-state index is 15.5. The van der Waals surface area contributed by atoms with E-state index in [4.69, 9.17) is 14.2 Å². The predicted octanol–water partition coefficient (Wildman–Crippen LogP) is 9.87. The number of halogens is 7. The van der Waals surface area contributed by atoms with Gasteiger partial charge in [0.2, 0.25) is 0 Å². The molecule has 6 nitrogen and oxygen atoms in total. The molecule has 3 aromatic carbocycles. The molecular formula is C36H34F7NO5. The highest BCUT2D eigenvalue weighted by Gasteiger charge is 2.44. The number of hydrogen-bond acceptors (Lipinski definition) is 5. The summed E-state index contributed by atoms with van der Waals surface area (Å²) in [5.41, 5.74) is -0.581. The van der Waals surface area contributed by atoms with E-state index >= 15 is 4.39 Å². The van der Waals surface area contributed by atoms with E-state index in [1.807, 2.05) is 13.8 Å². The second kappa shape index (κ2) is 13.1. The lowest BCUT2D eigenvalue weighted by Crippen LogP contribution is -2.35. The number of nitrogens with zero attached hydrogens (tertiary/aromatic N) is 1. The van der Waals surface area contributed by atoms with Gasteiger partial charge in [-0.1, -0.05) is 26.0 Å². The van der Waals surface area contributed by atoms with E-state index in [1.54, 1.807) is 18.2 Å². The molecule has 1 aliphatic carbocycles. The monoisotopic (exact) mass is 693 g/mol. The Bertz CT molecular complexity index is 1760. The lowest BCUT2D eigenvalue weighted by atomic mass is 9.72. The second-order valence-corrected chi connectivity index (χ2v) is 13.0. The minimum Gasteiger partial charge on any atom is -0.496 e. The highest BCUT2D eigenvalue weighted by atomic mass is 19.4. The number of ether oxygens (including phenoxy) is 3. The summed E-state index contributed by atoms with van der Waals surface area (Å²) in [7, 11) is 2.64. The van der Waals surface area contributed by atoms with Crippen LogP contribution in [0.25, 0.3) is 16.7 Å². The molecule has 2 atom stereocenters. The Morgan fingerprint density at radius 1 is 0.939 bits per heavy atom. The first kappa shape index (κ1) is 35.7. The predicted molar refractivity (Wildman–Crippen MR) is 166 cm³/mol. The van der Waals surface area contributed by atoms with Gasteiger partial charge >= 0.3 is 24.4 Å². The standard InChI is InChI=1S/C36H34F7NO5/c1-19-31(22-12-24(35(38,39)40)14-25(13-22)36(41,42)43)49-33(46)44(19)18-23-17-34(2,3)11-10-26(23)28-15-27(29(37)16-30(28)47-4)20-6-8-21(9-7-20)32(45)48-5/h6-9,12-16,19,31H,10-11,17-18H2,1-5H3/t19-,31?/m0/s1. The average molecular weight is 694 g/mol. The van der Waals surface area contributed by atoms with E-state index in [0.717, 1.165) is 17.6 Å². The fraction of sp³-hybridized carbons (Fsp3) is 0.389. The van der Waals surface area contributed by atoms with Crippen molar-refractivity contribution in [2.75, 3.05) is 20.8 Å². The molecule has 0 radical (unpaired) electrons. The number of allylic oxidation sites excluding steroid dienone is 1. The third-order valence-electron chi connectivity index (χ3n) is 9.09. The molecule has 1 amide bonds. The summed E-state index contributed by atoms with van der Waals surface area (Å²) in [5, 5.41) is 0. The molecule has 0 spiro atoms. The van der Waals surface area contributed by atoms with E-state index in [9.17, 15) is 35.9 Å². The molecule has 2 aliphatic rings. The summed E-state index contributed by atoms with van der Waals surface area (Å²) in [6.07, 6.45) is -10.7. The molecule has 1 unspecified atom stereocenters. The molecule has 0 N–H and O–H groups in total. The van der Waals surface area contributed by atoms with Crippen LogP contribution < -0.4 is 4.74 Å². The van der Waals surface area contributed by atoms with Crippen LogP contribution in [-0.2, 0) is 21.8 Å². The quantitative estimate of drug-likeness (QED) is 0.182. The number of amides is 1. The molecule has 3 aromatic rings. The van der Waals surface area contributed by atoms with E-state index in [0.29, 0.717) is 36.1 Å². The van der Waals surface area contributed by atoms with Crippen LogP contribution in [0.3, 0.4) is 0 Å². The van der Waals surface area contributed by atoms with Crippen molar-refractivity contribution in [2.45, 2.75) is 64.5 Å². The van der Waals surface area contributed by atoms with Gasteiger partial charge in [-0.25, -0.2) is 14.0 Å². The topological polar surface area (TPSA) is 65.1 Å². The first-order valence-corrected chi connectivity index (χ1v) is 15.4. The number of carbonyl (C=O) groups excluding carboxylic acids is 2. The third kappa shape index (κ3) is 7.40. The number of hydrogen-bond donors (Lipinski definition) is 0. The Kier molecular flexibility index (Phi) is 9.52. The van der Waals surface area contributed by atoms with Crippen molar-refractivity contribution in [2.24, 2.45) is 5.41 Å². The van der Waals surface area contributed by atoms with Crippen LogP contribution in [0.15, 0.2) is 60.2 Å². The first-order valence-electron chi connectivity index (χ1n) is 15.4. The van der Waals surface area contributed by atoms with Gasteiger partial charge in [0.25, 0.3) is 0 Å². The summed E-state index contributed by atoms with van der Waals surface area (Å²) in [5.74, 6) is -0.894. The zero-order valence-corrected chi connectivity index (χ0v) is 27.3. The van der Waals surface area contributed by atoms with Crippen molar-refractivity contribution < 1.29 is 54.5 Å². The molecule has 49 heavy (non-hydrogen) atoms. The van der Waals surface area contributed by atoms with Crippen molar-refractivity contribution in [3.05, 3.63) is 93.8 Å². The van der Waals surface area contributed by atoms with Crippen molar-refractivity contribution in [3.63, 3.8) is 0 Å². The van der Waals surface area contributed by atoms with Gasteiger partial charge in [-0.2, -0.15) is 26.3 Å². The highest BCUT2D eigenvalue weighted by Crippen LogP contribution is 2.47. The fourth-order valence-corrected chi connectivity index (χ4v) is 6.48. The van der Waals surface area contributed by atoms with Gasteiger partial charge < -0.3 is 14.2 Å². The SMILES string of the molecule is COC(=O)c1ccc(-c2cc(C3=C(CN4C(=O)OC(c5cc(C(F)(F)F)cc(C(F)(F)F)c5)[C@@H]4C)CC(C)(C)CC3)c(OC)cc2F)cc1. The summed E-state index contributed by atoms with van der Waals surface area (Å²) < 4.78 is 113. The van der Waals surface area contributed by atoms with E-state index in [-0.39, 0.29) is 34.9 Å². The van der Waals surface area contributed by atoms with E-state index in [2.05, 4.69) is 0 Å². The maximum Gasteiger partial charge on any atom is 0.416 e. The van der Waals surface area contributed by atoms with Crippen LogP contribution >= 0.6 is 0 Å². The molecule has 1 saturated heterocycles. The van der Waals surface area contributed by atoms with Crippen LogP contribution in [0, 0.1) is 11.2 Å². The van der Waals surface area contributed by atoms with Crippen LogP contribution in [-0.4, -0.2) is 43.8 Å². The zero-order valence-electron chi connectivity index (χ0n) is 27.3.